The molecule has 1 aromatic carbocycles. The SMILES string of the molecule is CNC(=O)NC(C(=O)N1CCCC1c1ncc(-c2ccc(C34CCC(c5cnc(C6CCCN6C(=O)C(NC(=O)OC)C(C)C)[nH]5)(CC3)CC4)cc2)[nH]1)C(C)C. The summed E-state index contributed by atoms with van der Waals surface area (Å²) in [6.07, 6.45) is 13.3. The molecule has 0 radical (unpaired) electrons. The van der Waals surface area contributed by atoms with Gasteiger partial charge in [0.25, 0.3) is 0 Å². The summed E-state index contributed by atoms with van der Waals surface area (Å²) in [4.78, 5) is 72.0. The predicted octanol–water partition coefficient (Wildman–Crippen LogP) is 6.00. The number of nitrogens with zero attached hydrogens (tertiary/aromatic N) is 4. The Morgan fingerprint density at radius 1 is 0.750 bits per heavy atom. The Morgan fingerprint density at radius 2 is 1.27 bits per heavy atom. The van der Waals surface area contributed by atoms with Crippen LogP contribution in [0.4, 0.5) is 9.59 Å². The molecule has 4 heterocycles. The van der Waals surface area contributed by atoms with Gasteiger partial charge in [-0.3, -0.25) is 9.59 Å². The first-order valence-electron chi connectivity index (χ1n) is 20.5. The number of amides is 5. The number of nitrogens with one attached hydrogen (secondary N) is 5. The third-order valence-corrected chi connectivity index (χ3v) is 13.4. The van der Waals surface area contributed by atoms with E-state index in [9.17, 15) is 19.2 Å². The van der Waals surface area contributed by atoms with E-state index in [-0.39, 0.29) is 52.6 Å². The molecule has 5 amide bonds. The van der Waals surface area contributed by atoms with Crippen molar-refractivity contribution in [2.24, 2.45) is 11.8 Å². The number of rotatable bonds is 11. The average molecular weight is 770 g/mol. The lowest BCUT2D eigenvalue weighted by Crippen LogP contribution is -2.53. The normalized spacial score (nSPS) is 25.7. The largest absolute Gasteiger partial charge is 0.453 e. The molecule has 3 aliphatic carbocycles. The third kappa shape index (κ3) is 7.38. The highest BCUT2D eigenvalue weighted by Gasteiger charge is 2.51. The van der Waals surface area contributed by atoms with Crippen LogP contribution >= 0.6 is 0 Å². The van der Waals surface area contributed by atoms with E-state index in [1.54, 1.807) is 7.05 Å². The van der Waals surface area contributed by atoms with Gasteiger partial charge in [0.2, 0.25) is 11.8 Å². The maximum Gasteiger partial charge on any atom is 0.407 e. The van der Waals surface area contributed by atoms with Crippen LogP contribution in [0, 0.1) is 11.8 Å². The Balaban J connectivity index is 0.994. The quantitative estimate of drug-likeness (QED) is 0.159. The number of ether oxygens (including phenoxy) is 1. The van der Waals surface area contributed by atoms with Gasteiger partial charge < -0.3 is 40.5 Å². The monoisotopic (exact) mass is 769 g/mol. The molecule has 56 heavy (non-hydrogen) atoms. The maximum absolute atomic E-state index is 13.7. The Bertz CT molecular complexity index is 1880. The molecule has 5 fully saturated rings. The van der Waals surface area contributed by atoms with Crippen molar-refractivity contribution in [3.63, 3.8) is 0 Å². The molecule has 14 nitrogen and oxygen atoms in total. The molecule has 3 aromatic rings. The number of aromatic nitrogens is 4. The topological polar surface area (TPSA) is 177 Å². The van der Waals surface area contributed by atoms with Crippen molar-refractivity contribution in [1.29, 1.82) is 0 Å². The van der Waals surface area contributed by atoms with Crippen LogP contribution in [-0.2, 0) is 25.2 Å². The van der Waals surface area contributed by atoms with Gasteiger partial charge in [-0.15, -0.1) is 0 Å². The lowest BCUT2D eigenvalue weighted by molar-refractivity contribution is -0.136. The summed E-state index contributed by atoms with van der Waals surface area (Å²) in [5.74, 6) is 1.31. The summed E-state index contributed by atoms with van der Waals surface area (Å²) < 4.78 is 4.80. The number of alkyl carbamates (subject to hydrolysis) is 1. The predicted molar refractivity (Wildman–Crippen MR) is 211 cm³/mol. The average Bonchev–Trinajstić information content (AvgIpc) is 4.06. The van der Waals surface area contributed by atoms with Gasteiger partial charge in [0, 0.05) is 37.4 Å². The number of hydrogen-bond donors (Lipinski definition) is 5. The van der Waals surface area contributed by atoms with Gasteiger partial charge >= 0.3 is 12.1 Å². The number of urea groups is 1. The fourth-order valence-electron chi connectivity index (χ4n) is 9.87. The number of benzene rings is 1. The van der Waals surface area contributed by atoms with E-state index in [1.165, 1.54) is 18.4 Å². The molecular weight excluding hydrogens is 711 g/mol. The van der Waals surface area contributed by atoms with Crippen molar-refractivity contribution in [3.8, 4) is 11.3 Å². The maximum atomic E-state index is 13.7. The highest BCUT2D eigenvalue weighted by atomic mass is 16.5. The van der Waals surface area contributed by atoms with E-state index in [2.05, 4.69) is 50.2 Å². The molecule has 0 spiro atoms. The first-order valence-corrected chi connectivity index (χ1v) is 20.5. The molecule has 2 aliphatic heterocycles. The summed E-state index contributed by atoms with van der Waals surface area (Å²) in [6, 6.07) is 7.03. The van der Waals surface area contributed by atoms with Crippen molar-refractivity contribution < 1.29 is 23.9 Å². The van der Waals surface area contributed by atoms with Gasteiger partial charge in [-0.1, -0.05) is 52.0 Å². The third-order valence-electron chi connectivity index (χ3n) is 13.4. The molecule has 8 rings (SSSR count). The number of imidazole rings is 2. The first-order chi connectivity index (χ1) is 26.9. The smallest absolute Gasteiger partial charge is 0.407 e. The number of hydrogen-bond acceptors (Lipinski definition) is 7. The standard InChI is InChI=1S/C42H59N9O5/c1-25(2)33(48-39(54)43-5)37(52)50-21-7-9-30(50)35-44-23-29(46-35)27-11-13-28(14-12-27)41-15-18-42(19-16-41,20-17-41)32-24-45-36(47-32)31-10-8-22-51(31)38(53)34(26(3)4)49-40(55)56-6/h11-14,23-26,30-31,33-34H,7-10,15-22H2,1-6H3,(H,44,46)(H,45,47)(H,49,55)(H2,43,48,54). The van der Waals surface area contributed by atoms with Gasteiger partial charge in [-0.2, -0.15) is 0 Å². The van der Waals surface area contributed by atoms with Crippen molar-refractivity contribution in [2.75, 3.05) is 27.2 Å². The van der Waals surface area contributed by atoms with Crippen LogP contribution in [0.15, 0.2) is 36.7 Å². The molecule has 2 saturated heterocycles. The zero-order chi connectivity index (χ0) is 39.8. The van der Waals surface area contributed by atoms with E-state index in [1.807, 2.05) is 49.9 Å². The lowest BCUT2D eigenvalue weighted by atomic mass is 9.51. The molecule has 4 atom stereocenters. The van der Waals surface area contributed by atoms with Crippen LogP contribution < -0.4 is 16.0 Å². The summed E-state index contributed by atoms with van der Waals surface area (Å²) in [5.41, 5.74) is 4.76. The van der Waals surface area contributed by atoms with Crippen LogP contribution in [0.25, 0.3) is 11.3 Å². The summed E-state index contributed by atoms with van der Waals surface area (Å²) in [5, 5.41) is 8.12. The van der Waals surface area contributed by atoms with Gasteiger partial charge in [-0.25, -0.2) is 19.6 Å². The van der Waals surface area contributed by atoms with Gasteiger partial charge in [0.1, 0.15) is 23.7 Å². The number of carbonyl (C=O) groups excluding carboxylic acids is 4. The van der Waals surface area contributed by atoms with Crippen LogP contribution in [-0.4, -0.2) is 93.0 Å². The van der Waals surface area contributed by atoms with Crippen molar-refractivity contribution in [2.45, 2.75) is 127 Å². The van der Waals surface area contributed by atoms with E-state index in [0.29, 0.717) is 13.1 Å². The number of H-pyrrole nitrogens is 2. The van der Waals surface area contributed by atoms with E-state index >= 15 is 0 Å². The Morgan fingerprint density at radius 3 is 1.80 bits per heavy atom. The van der Waals surface area contributed by atoms with E-state index < -0.39 is 18.2 Å². The first kappa shape index (κ1) is 39.4. The molecule has 2 aromatic heterocycles. The number of fused-ring (bicyclic) bond motifs is 3. The molecule has 14 heteroatoms. The van der Waals surface area contributed by atoms with Gasteiger partial charge in [-0.05, 0) is 92.6 Å². The second-order valence-corrected chi connectivity index (χ2v) is 17.2. The van der Waals surface area contributed by atoms with Crippen molar-refractivity contribution >= 4 is 23.9 Å². The molecule has 302 valence electrons. The van der Waals surface area contributed by atoms with Crippen LogP contribution in [0.1, 0.15) is 127 Å². The summed E-state index contributed by atoms with van der Waals surface area (Å²) in [6.45, 7) is 9.02. The van der Waals surface area contributed by atoms with Crippen LogP contribution in [0.2, 0.25) is 0 Å². The van der Waals surface area contributed by atoms with Gasteiger partial charge in [0.05, 0.1) is 31.1 Å². The zero-order valence-electron chi connectivity index (χ0n) is 33.7. The number of aromatic amines is 2. The summed E-state index contributed by atoms with van der Waals surface area (Å²) >= 11 is 0. The molecular formula is C42H59N9O5. The highest BCUT2D eigenvalue weighted by molar-refractivity contribution is 5.88. The van der Waals surface area contributed by atoms with Crippen LogP contribution in [0.5, 0.6) is 0 Å². The lowest BCUT2D eigenvalue weighted by Gasteiger charge is -2.53. The van der Waals surface area contributed by atoms with Crippen molar-refractivity contribution in [3.05, 3.63) is 59.6 Å². The highest BCUT2D eigenvalue weighted by Crippen LogP contribution is 2.58. The number of carbonyl (C=O) groups is 4. The summed E-state index contributed by atoms with van der Waals surface area (Å²) in [7, 11) is 2.86. The number of methoxy groups -OCH3 is 1. The molecule has 2 bridgehead atoms. The zero-order valence-corrected chi connectivity index (χ0v) is 33.7. The fraction of sp³-hybridized carbons (Fsp3) is 0.619. The molecule has 4 unspecified atom stereocenters. The van der Waals surface area contributed by atoms with E-state index in [0.717, 1.165) is 87.1 Å². The number of likely N-dealkylation sites (tertiary alicyclic amines) is 2. The fourth-order valence-corrected chi connectivity index (χ4v) is 9.87. The van der Waals surface area contributed by atoms with E-state index in [4.69, 9.17) is 14.7 Å². The molecule has 3 saturated carbocycles. The van der Waals surface area contributed by atoms with Crippen molar-refractivity contribution in [1.82, 2.24) is 45.7 Å². The molecule has 5 aliphatic rings. The van der Waals surface area contributed by atoms with Crippen LogP contribution in [0.3, 0.4) is 0 Å². The van der Waals surface area contributed by atoms with Gasteiger partial charge in [0.15, 0.2) is 0 Å². The Kier molecular flexibility index (Phi) is 11.2. The Labute approximate surface area is 329 Å². The Hall–Kier alpha value is -4.88. The second-order valence-electron chi connectivity index (χ2n) is 17.2. The minimum Gasteiger partial charge on any atom is -0.453 e. The minimum absolute atomic E-state index is 0.0521. The second kappa shape index (κ2) is 15.9. The minimum atomic E-state index is -0.657. The molecule has 5 N–H and O–H groups in total.